The van der Waals surface area contributed by atoms with E-state index in [1.165, 1.54) is 0 Å². The van der Waals surface area contributed by atoms with E-state index in [0.717, 1.165) is 25.0 Å². The fraction of sp³-hybridized carbons (Fsp3) is 0.600. The van der Waals surface area contributed by atoms with Gasteiger partial charge < -0.3 is 15.8 Å². The van der Waals surface area contributed by atoms with Crippen LogP contribution in [0.25, 0.3) is 0 Å². The number of nitrogen functional groups attached to an aromatic ring is 1. The van der Waals surface area contributed by atoms with E-state index in [4.69, 9.17) is 10.5 Å². The lowest BCUT2D eigenvalue weighted by Gasteiger charge is -2.09. The quantitative estimate of drug-likeness (QED) is 0.680. The molecule has 1 fully saturated rings. The summed E-state index contributed by atoms with van der Waals surface area (Å²) in [4.78, 5) is 11.5. The zero-order valence-electron chi connectivity index (χ0n) is 9.03. The SMILES string of the molecule is Nc1[nH]ncc1CNC(=O)CC1CCCO1. The van der Waals surface area contributed by atoms with Crippen LogP contribution in [0.3, 0.4) is 0 Å². The molecule has 1 aromatic rings. The molecular weight excluding hydrogens is 208 g/mol. The highest BCUT2D eigenvalue weighted by Gasteiger charge is 2.18. The first kappa shape index (κ1) is 10.9. The number of hydrogen-bond donors (Lipinski definition) is 3. The Hall–Kier alpha value is -1.56. The van der Waals surface area contributed by atoms with E-state index >= 15 is 0 Å². The fourth-order valence-electron chi connectivity index (χ4n) is 1.74. The van der Waals surface area contributed by atoms with Crippen LogP contribution in [0.1, 0.15) is 24.8 Å². The average Bonchev–Trinajstić information content (AvgIpc) is 2.87. The molecule has 6 nitrogen and oxygen atoms in total. The van der Waals surface area contributed by atoms with Crippen LogP contribution < -0.4 is 11.1 Å². The third-order valence-electron chi connectivity index (χ3n) is 2.66. The maximum atomic E-state index is 11.5. The van der Waals surface area contributed by atoms with Gasteiger partial charge in [0.15, 0.2) is 0 Å². The monoisotopic (exact) mass is 224 g/mol. The number of anilines is 1. The number of carbonyl (C=O) groups excluding carboxylic acids is 1. The Morgan fingerprint density at radius 3 is 3.25 bits per heavy atom. The van der Waals surface area contributed by atoms with Crippen LogP contribution in [-0.2, 0) is 16.1 Å². The summed E-state index contributed by atoms with van der Waals surface area (Å²) in [6, 6.07) is 0. The number of aromatic nitrogens is 2. The summed E-state index contributed by atoms with van der Waals surface area (Å²) in [5, 5.41) is 9.19. The Balaban J connectivity index is 1.73. The summed E-state index contributed by atoms with van der Waals surface area (Å²) in [5.74, 6) is 0.491. The smallest absolute Gasteiger partial charge is 0.222 e. The Kier molecular flexibility index (Phi) is 3.40. The van der Waals surface area contributed by atoms with E-state index in [2.05, 4.69) is 15.5 Å². The lowest BCUT2D eigenvalue weighted by molar-refractivity contribution is -0.123. The second-order valence-electron chi connectivity index (χ2n) is 3.92. The molecule has 2 heterocycles. The molecule has 1 atom stereocenters. The first-order valence-corrected chi connectivity index (χ1v) is 5.41. The van der Waals surface area contributed by atoms with Gasteiger partial charge in [-0.05, 0) is 12.8 Å². The number of hydrogen-bond acceptors (Lipinski definition) is 4. The molecule has 0 aromatic carbocycles. The molecule has 0 aliphatic carbocycles. The molecule has 1 aromatic heterocycles. The van der Waals surface area contributed by atoms with Gasteiger partial charge in [-0.3, -0.25) is 9.89 Å². The van der Waals surface area contributed by atoms with Crippen LogP contribution in [0.5, 0.6) is 0 Å². The molecule has 4 N–H and O–H groups in total. The predicted molar refractivity (Wildman–Crippen MR) is 58.4 cm³/mol. The molecular formula is C10H16N4O2. The van der Waals surface area contributed by atoms with Gasteiger partial charge in [-0.25, -0.2) is 0 Å². The van der Waals surface area contributed by atoms with Crippen molar-refractivity contribution in [1.29, 1.82) is 0 Å². The van der Waals surface area contributed by atoms with E-state index in [1.807, 2.05) is 0 Å². The largest absolute Gasteiger partial charge is 0.384 e. The van der Waals surface area contributed by atoms with E-state index in [1.54, 1.807) is 6.20 Å². The standard InChI is InChI=1S/C10H16N4O2/c11-10-7(6-13-14-10)5-12-9(15)4-8-2-1-3-16-8/h6,8H,1-5H2,(H,12,15)(H3,11,13,14). The zero-order valence-corrected chi connectivity index (χ0v) is 9.03. The zero-order chi connectivity index (χ0) is 11.4. The average molecular weight is 224 g/mol. The highest BCUT2D eigenvalue weighted by molar-refractivity contribution is 5.76. The second-order valence-corrected chi connectivity index (χ2v) is 3.92. The Morgan fingerprint density at radius 2 is 2.62 bits per heavy atom. The summed E-state index contributed by atoms with van der Waals surface area (Å²) in [6.07, 6.45) is 4.15. The first-order chi connectivity index (χ1) is 7.75. The van der Waals surface area contributed by atoms with E-state index in [9.17, 15) is 4.79 Å². The Bertz CT molecular complexity index is 357. The van der Waals surface area contributed by atoms with Gasteiger partial charge in [0.25, 0.3) is 0 Å². The van der Waals surface area contributed by atoms with Crippen molar-refractivity contribution in [2.75, 3.05) is 12.3 Å². The van der Waals surface area contributed by atoms with E-state index < -0.39 is 0 Å². The van der Waals surface area contributed by atoms with Crippen molar-refractivity contribution in [3.05, 3.63) is 11.8 Å². The third-order valence-corrected chi connectivity index (χ3v) is 2.66. The molecule has 1 unspecified atom stereocenters. The molecule has 1 amide bonds. The highest BCUT2D eigenvalue weighted by atomic mass is 16.5. The van der Waals surface area contributed by atoms with E-state index in [0.29, 0.717) is 18.8 Å². The van der Waals surface area contributed by atoms with Crippen molar-refractivity contribution in [3.8, 4) is 0 Å². The van der Waals surface area contributed by atoms with Gasteiger partial charge in [0.2, 0.25) is 5.91 Å². The molecule has 0 spiro atoms. The van der Waals surface area contributed by atoms with Crippen molar-refractivity contribution in [1.82, 2.24) is 15.5 Å². The maximum absolute atomic E-state index is 11.5. The van der Waals surface area contributed by atoms with Gasteiger partial charge in [-0.15, -0.1) is 0 Å². The molecule has 2 rings (SSSR count). The molecule has 1 aliphatic heterocycles. The minimum absolute atomic E-state index is 0.00694. The molecule has 0 radical (unpaired) electrons. The van der Waals surface area contributed by atoms with Crippen LogP contribution in [0, 0.1) is 0 Å². The van der Waals surface area contributed by atoms with Gasteiger partial charge in [0.1, 0.15) is 5.82 Å². The number of nitrogens with zero attached hydrogens (tertiary/aromatic N) is 1. The highest BCUT2D eigenvalue weighted by Crippen LogP contribution is 2.15. The summed E-state index contributed by atoms with van der Waals surface area (Å²) < 4.78 is 5.38. The van der Waals surface area contributed by atoms with E-state index in [-0.39, 0.29) is 12.0 Å². The summed E-state index contributed by atoms with van der Waals surface area (Å²) in [6.45, 7) is 1.18. The molecule has 1 aliphatic rings. The first-order valence-electron chi connectivity index (χ1n) is 5.41. The van der Waals surface area contributed by atoms with Crippen molar-refractivity contribution in [3.63, 3.8) is 0 Å². The molecule has 88 valence electrons. The number of ether oxygens (including phenoxy) is 1. The number of aromatic amines is 1. The lowest BCUT2D eigenvalue weighted by Crippen LogP contribution is -2.26. The number of rotatable bonds is 4. The van der Waals surface area contributed by atoms with Crippen LogP contribution in [-0.4, -0.2) is 28.8 Å². The maximum Gasteiger partial charge on any atom is 0.222 e. The van der Waals surface area contributed by atoms with Crippen LogP contribution in [0.4, 0.5) is 5.82 Å². The minimum Gasteiger partial charge on any atom is -0.384 e. The fourth-order valence-corrected chi connectivity index (χ4v) is 1.74. The summed E-state index contributed by atoms with van der Waals surface area (Å²) in [5.41, 5.74) is 6.40. The Labute approximate surface area is 93.5 Å². The summed E-state index contributed by atoms with van der Waals surface area (Å²) >= 11 is 0. The van der Waals surface area contributed by atoms with Crippen LogP contribution in [0.15, 0.2) is 6.20 Å². The molecule has 0 bridgehead atoms. The number of nitrogens with two attached hydrogens (primary N) is 1. The lowest BCUT2D eigenvalue weighted by atomic mass is 10.2. The topological polar surface area (TPSA) is 93.0 Å². The minimum atomic E-state index is -0.00694. The Morgan fingerprint density at radius 1 is 1.75 bits per heavy atom. The molecule has 1 saturated heterocycles. The van der Waals surface area contributed by atoms with Gasteiger partial charge in [0, 0.05) is 18.7 Å². The van der Waals surface area contributed by atoms with Gasteiger partial charge in [0.05, 0.1) is 18.7 Å². The van der Waals surface area contributed by atoms with Gasteiger partial charge >= 0.3 is 0 Å². The molecule has 0 saturated carbocycles. The number of amides is 1. The van der Waals surface area contributed by atoms with Gasteiger partial charge in [-0.2, -0.15) is 5.10 Å². The second kappa shape index (κ2) is 4.98. The molecule has 6 heteroatoms. The van der Waals surface area contributed by atoms with Crippen LogP contribution in [0.2, 0.25) is 0 Å². The van der Waals surface area contributed by atoms with Crippen molar-refractivity contribution >= 4 is 11.7 Å². The number of H-pyrrole nitrogens is 1. The van der Waals surface area contributed by atoms with Crippen molar-refractivity contribution < 1.29 is 9.53 Å². The third kappa shape index (κ3) is 2.73. The van der Waals surface area contributed by atoms with Crippen molar-refractivity contribution in [2.24, 2.45) is 0 Å². The summed E-state index contributed by atoms with van der Waals surface area (Å²) in [7, 11) is 0. The number of carbonyl (C=O) groups is 1. The van der Waals surface area contributed by atoms with Crippen LogP contribution >= 0.6 is 0 Å². The normalized spacial score (nSPS) is 19.9. The number of nitrogens with one attached hydrogen (secondary N) is 2. The van der Waals surface area contributed by atoms with Gasteiger partial charge in [-0.1, -0.05) is 0 Å². The molecule has 16 heavy (non-hydrogen) atoms. The predicted octanol–water partition coefficient (Wildman–Crippen LogP) is 0.177. The van der Waals surface area contributed by atoms with Crippen molar-refractivity contribution in [2.45, 2.75) is 31.9 Å².